The van der Waals surface area contributed by atoms with Gasteiger partial charge in [0.2, 0.25) is 0 Å². The number of hydrazine groups is 1. The molecule has 0 rings (SSSR count). The normalized spacial score (nSPS) is 9.50. The SMILES string of the molecule is C=C(C)C(=O)NNCCCCC. The first-order valence-electron chi connectivity index (χ1n) is 4.37. The van der Waals surface area contributed by atoms with Crippen molar-refractivity contribution in [3.8, 4) is 0 Å². The van der Waals surface area contributed by atoms with Gasteiger partial charge < -0.3 is 0 Å². The van der Waals surface area contributed by atoms with Gasteiger partial charge in [0.1, 0.15) is 0 Å². The summed E-state index contributed by atoms with van der Waals surface area (Å²) >= 11 is 0. The lowest BCUT2D eigenvalue weighted by Gasteiger charge is -2.05. The van der Waals surface area contributed by atoms with Crippen LogP contribution >= 0.6 is 0 Å². The Labute approximate surface area is 74.2 Å². The van der Waals surface area contributed by atoms with Gasteiger partial charge >= 0.3 is 0 Å². The summed E-state index contributed by atoms with van der Waals surface area (Å²) in [5.74, 6) is -0.133. The van der Waals surface area contributed by atoms with Crippen LogP contribution in [0.1, 0.15) is 33.1 Å². The summed E-state index contributed by atoms with van der Waals surface area (Å²) in [5, 5.41) is 0. The number of hydrogen-bond acceptors (Lipinski definition) is 2. The Hall–Kier alpha value is -0.830. The van der Waals surface area contributed by atoms with Crippen molar-refractivity contribution in [2.45, 2.75) is 33.1 Å². The third kappa shape index (κ3) is 5.92. The molecule has 0 bridgehead atoms. The second-order valence-electron chi connectivity index (χ2n) is 2.87. The van der Waals surface area contributed by atoms with E-state index in [0.29, 0.717) is 5.57 Å². The summed E-state index contributed by atoms with van der Waals surface area (Å²) in [6.45, 7) is 8.17. The van der Waals surface area contributed by atoms with Crippen LogP contribution in [0.2, 0.25) is 0 Å². The third-order valence-corrected chi connectivity index (χ3v) is 1.49. The highest BCUT2D eigenvalue weighted by Crippen LogP contribution is 1.90. The highest BCUT2D eigenvalue weighted by Gasteiger charge is 1.97. The number of carbonyl (C=O) groups is 1. The van der Waals surface area contributed by atoms with Gasteiger partial charge in [-0.2, -0.15) is 0 Å². The average Bonchev–Trinajstić information content (AvgIpc) is 2.03. The number of hydrogen-bond donors (Lipinski definition) is 2. The molecule has 3 nitrogen and oxygen atoms in total. The molecule has 2 N–H and O–H groups in total. The molecule has 3 heteroatoms. The number of unbranched alkanes of at least 4 members (excludes halogenated alkanes) is 2. The molecule has 0 fully saturated rings. The average molecular weight is 170 g/mol. The summed E-state index contributed by atoms with van der Waals surface area (Å²) < 4.78 is 0. The number of rotatable bonds is 6. The standard InChI is InChI=1S/C9H18N2O/c1-4-5-6-7-10-11-9(12)8(2)3/h10H,2,4-7H2,1,3H3,(H,11,12). The Bertz CT molecular complexity index is 155. The van der Waals surface area contributed by atoms with E-state index in [1.54, 1.807) is 6.92 Å². The van der Waals surface area contributed by atoms with Gasteiger partial charge in [0, 0.05) is 12.1 Å². The van der Waals surface area contributed by atoms with E-state index in [4.69, 9.17) is 0 Å². The smallest absolute Gasteiger partial charge is 0.260 e. The van der Waals surface area contributed by atoms with Gasteiger partial charge in [-0.1, -0.05) is 26.3 Å². The molecule has 1 amide bonds. The summed E-state index contributed by atoms with van der Waals surface area (Å²) in [4.78, 5) is 10.9. The van der Waals surface area contributed by atoms with Gasteiger partial charge in [-0.25, -0.2) is 5.43 Å². The summed E-state index contributed by atoms with van der Waals surface area (Å²) in [6.07, 6.45) is 3.47. The molecule has 0 aliphatic carbocycles. The zero-order valence-electron chi connectivity index (χ0n) is 7.94. The van der Waals surface area contributed by atoms with Crippen molar-refractivity contribution in [2.24, 2.45) is 0 Å². The van der Waals surface area contributed by atoms with Gasteiger partial charge in [0.05, 0.1) is 0 Å². The van der Waals surface area contributed by atoms with Crippen LogP contribution in [0.3, 0.4) is 0 Å². The van der Waals surface area contributed by atoms with Crippen LogP contribution in [0.15, 0.2) is 12.2 Å². The Morgan fingerprint density at radius 1 is 1.42 bits per heavy atom. The van der Waals surface area contributed by atoms with Crippen molar-refractivity contribution >= 4 is 5.91 Å². The van der Waals surface area contributed by atoms with E-state index in [1.807, 2.05) is 0 Å². The van der Waals surface area contributed by atoms with E-state index in [1.165, 1.54) is 12.8 Å². The lowest BCUT2D eigenvalue weighted by Crippen LogP contribution is -2.38. The first-order valence-corrected chi connectivity index (χ1v) is 4.37. The second-order valence-corrected chi connectivity index (χ2v) is 2.87. The minimum absolute atomic E-state index is 0.133. The second kappa shape index (κ2) is 6.85. The fourth-order valence-electron chi connectivity index (χ4n) is 0.713. The molecule has 0 aromatic heterocycles. The van der Waals surface area contributed by atoms with Gasteiger partial charge in [-0.05, 0) is 13.3 Å². The molecule has 0 aromatic carbocycles. The van der Waals surface area contributed by atoms with E-state index in [9.17, 15) is 4.79 Å². The molecule has 0 atom stereocenters. The van der Waals surface area contributed by atoms with Crippen LogP contribution in [0.25, 0.3) is 0 Å². The molecule has 0 saturated carbocycles. The number of carbonyl (C=O) groups excluding carboxylic acids is 1. The molecule has 0 heterocycles. The molecular weight excluding hydrogens is 152 g/mol. The first kappa shape index (κ1) is 11.2. The molecular formula is C9H18N2O. The molecule has 0 radical (unpaired) electrons. The predicted octanol–water partition coefficient (Wildman–Crippen LogP) is 1.37. The molecule has 0 aromatic rings. The minimum atomic E-state index is -0.133. The van der Waals surface area contributed by atoms with Crippen LogP contribution in [0.4, 0.5) is 0 Å². The molecule has 0 aliphatic rings. The maximum atomic E-state index is 10.9. The quantitative estimate of drug-likeness (QED) is 0.359. The fourth-order valence-corrected chi connectivity index (χ4v) is 0.713. The molecule has 0 saturated heterocycles. The van der Waals surface area contributed by atoms with Gasteiger partial charge in [0.25, 0.3) is 5.91 Å². The Morgan fingerprint density at radius 3 is 2.58 bits per heavy atom. The monoisotopic (exact) mass is 170 g/mol. The maximum absolute atomic E-state index is 10.9. The lowest BCUT2D eigenvalue weighted by molar-refractivity contribution is -0.118. The van der Waals surface area contributed by atoms with Crippen molar-refractivity contribution in [1.82, 2.24) is 10.9 Å². The zero-order chi connectivity index (χ0) is 9.40. The van der Waals surface area contributed by atoms with Crippen LogP contribution in [0, 0.1) is 0 Å². The summed E-state index contributed by atoms with van der Waals surface area (Å²) in [5.41, 5.74) is 5.92. The van der Waals surface area contributed by atoms with E-state index in [2.05, 4.69) is 24.4 Å². The van der Waals surface area contributed by atoms with E-state index in [-0.39, 0.29) is 5.91 Å². The lowest BCUT2D eigenvalue weighted by atomic mass is 10.2. The highest BCUT2D eigenvalue weighted by molar-refractivity contribution is 5.91. The van der Waals surface area contributed by atoms with Crippen molar-refractivity contribution in [2.75, 3.05) is 6.54 Å². The van der Waals surface area contributed by atoms with E-state index < -0.39 is 0 Å². The van der Waals surface area contributed by atoms with Crippen molar-refractivity contribution in [3.63, 3.8) is 0 Å². The largest absolute Gasteiger partial charge is 0.288 e. The van der Waals surface area contributed by atoms with Crippen LogP contribution in [0.5, 0.6) is 0 Å². The summed E-state index contributed by atoms with van der Waals surface area (Å²) in [6, 6.07) is 0. The zero-order valence-corrected chi connectivity index (χ0v) is 7.94. The van der Waals surface area contributed by atoms with Gasteiger partial charge in [-0.15, -0.1) is 0 Å². The molecule has 70 valence electrons. The molecule has 12 heavy (non-hydrogen) atoms. The molecule has 0 spiro atoms. The number of nitrogens with one attached hydrogen (secondary N) is 2. The Balaban J connectivity index is 3.20. The van der Waals surface area contributed by atoms with Crippen molar-refractivity contribution in [3.05, 3.63) is 12.2 Å². The van der Waals surface area contributed by atoms with E-state index >= 15 is 0 Å². The van der Waals surface area contributed by atoms with Crippen LogP contribution in [-0.2, 0) is 4.79 Å². The van der Waals surface area contributed by atoms with Crippen LogP contribution in [-0.4, -0.2) is 12.5 Å². The van der Waals surface area contributed by atoms with Crippen molar-refractivity contribution < 1.29 is 4.79 Å². The molecule has 0 aliphatic heterocycles. The minimum Gasteiger partial charge on any atom is -0.288 e. The maximum Gasteiger partial charge on any atom is 0.260 e. The van der Waals surface area contributed by atoms with Crippen LogP contribution < -0.4 is 10.9 Å². The van der Waals surface area contributed by atoms with E-state index in [0.717, 1.165) is 13.0 Å². The topological polar surface area (TPSA) is 41.1 Å². The fraction of sp³-hybridized carbons (Fsp3) is 0.667. The Kier molecular flexibility index (Phi) is 6.38. The third-order valence-electron chi connectivity index (χ3n) is 1.49. The van der Waals surface area contributed by atoms with Gasteiger partial charge in [0.15, 0.2) is 0 Å². The highest BCUT2D eigenvalue weighted by atomic mass is 16.2. The predicted molar refractivity (Wildman–Crippen MR) is 50.5 cm³/mol. The number of amides is 1. The Morgan fingerprint density at radius 2 is 2.08 bits per heavy atom. The summed E-state index contributed by atoms with van der Waals surface area (Å²) in [7, 11) is 0. The van der Waals surface area contributed by atoms with Gasteiger partial charge in [-0.3, -0.25) is 10.2 Å². The first-order chi connectivity index (χ1) is 5.68. The van der Waals surface area contributed by atoms with Crippen molar-refractivity contribution in [1.29, 1.82) is 0 Å². The molecule has 0 unspecified atom stereocenters.